The Morgan fingerprint density at radius 2 is 2.15 bits per heavy atom. The molecule has 1 atom stereocenters. The molecule has 70 valence electrons. The van der Waals surface area contributed by atoms with Crippen LogP contribution in [0.5, 0.6) is 0 Å². The number of carbonyl (C=O) groups is 2. The number of allylic oxidation sites excluding steroid dienone is 3. The minimum Gasteiger partial charge on any atom is -0.295 e. The van der Waals surface area contributed by atoms with Crippen LogP contribution in [0.25, 0.3) is 0 Å². The minimum atomic E-state index is -0.544. The maximum absolute atomic E-state index is 11.5. The van der Waals surface area contributed by atoms with Gasteiger partial charge < -0.3 is 0 Å². The molecule has 0 amide bonds. The monoisotopic (exact) mass is 178 g/mol. The van der Waals surface area contributed by atoms with Gasteiger partial charge in [0.1, 0.15) is 0 Å². The SMILES string of the molecule is C=C(C)CC1(C)CC(=O)C=CC1=O. The lowest BCUT2D eigenvalue weighted by Crippen LogP contribution is -2.32. The summed E-state index contributed by atoms with van der Waals surface area (Å²) in [6.07, 6.45) is 3.66. The summed E-state index contributed by atoms with van der Waals surface area (Å²) in [4.78, 5) is 22.7. The van der Waals surface area contributed by atoms with Crippen molar-refractivity contribution in [3.63, 3.8) is 0 Å². The van der Waals surface area contributed by atoms with E-state index in [1.807, 2.05) is 13.8 Å². The van der Waals surface area contributed by atoms with Crippen LogP contribution in [0.2, 0.25) is 0 Å². The zero-order chi connectivity index (χ0) is 10.1. The van der Waals surface area contributed by atoms with Crippen molar-refractivity contribution in [3.05, 3.63) is 24.3 Å². The first-order chi connectivity index (χ1) is 5.94. The summed E-state index contributed by atoms with van der Waals surface area (Å²) >= 11 is 0. The Kier molecular flexibility index (Phi) is 2.50. The molecule has 0 bridgehead atoms. The van der Waals surface area contributed by atoms with Gasteiger partial charge in [0.25, 0.3) is 0 Å². The fraction of sp³-hybridized carbons (Fsp3) is 0.455. The van der Waals surface area contributed by atoms with Gasteiger partial charge in [-0.15, -0.1) is 6.58 Å². The Morgan fingerprint density at radius 3 is 2.69 bits per heavy atom. The minimum absolute atomic E-state index is 0.0309. The van der Waals surface area contributed by atoms with Crippen LogP contribution < -0.4 is 0 Å². The van der Waals surface area contributed by atoms with Crippen LogP contribution >= 0.6 is 0 Å². The number of hydrogen-bond donors (Lipinski definition) is 0. The zero-order valence-corrected chi connectivity index (χ0v) is 8.09. The van der Waals surface area contributed by atoms with Crippen molar-refractivity contribution in [1.29, 1.82) is 0 Å². The van der Waals surface area contributed by atoms with E-state index < -0.39 is 5.41 Å². The van der Waals surface area contributed by atoms with E-state index in [9.17, 15) is 9.59 Å². The fourth-order valence-corrected chi connectivity index (χ4v) is 1.72. The number of carbonyl (C=O) groups excluding carboxylic acids is 2. The van der Waals surface area contributed by atoms with Gasteiger partial charge in [-0.3, -0.25) is 9.59 Å². The normalized spacial score (nSPS) is 27.8. The Labute approximate surface area is 78.3 Å². The summed E-state index contributed by atoms with van der Waals surface area (Å²) in [6, 6.07) is 0. The number of rotatable bonds is 2. The lowest BCUT2D eigenvalue weighted by molar-refractivity contribution is -0.129. The average molecular weight is 178 g/mol. The largest absolute Gasteiger partial charge is 0.295 e. The van der Waals surface area contributed by atoms with Crippen LogP contribution in [0.1, 0.15) is 26.7 Å². The van der Waals surface area contributed by atoms with E-state index in [0.717, 1.165) is 5.57 Å². The van der Waals surface area contributed by atoms with Gasteiger partial charge in [-0.1, -0.05) is 12.5 Å². The fourth-order valence-electron chi connectivity index (χ4n) is 1.72. The quantitative estimate of drug-likeness (QED) is 0.606. The van der Waals surface area contributed by atoms with Crippen LogP contribution in [0.15, 0.2) is 24.3 Å². The van der Waals surface area contributed by atoms with Gasteiger partial charge in [-0.05, 0) is 25.5 Å². The van der Waals surface area contributed by atoms with Crippen LogP contribution in [-0.4, -0.2) is 11.6 Å². The molecular weight excluding hydrogens is 164 g/mol. The Bertz CT molecular complexity index is 299. The summed E-state index contributed by atoms with van der Waals surface area (Å²) < 4.78 is 0. The third-order valence-corrected chi connectivity index (χ3v) is 2.27. The second kappa shape index (κ2) is 3.29. The molecule has 0 radical (unpaired) electrons. The molecule has 0 aromatic rings. The van der Waals surface area contributed by atoms with Crippen molar-refractivity contribution < 1.29 is 9.59 Å². The summed E-state index contributed by atoms with van der Waals surface area (Å²) in [5.41, 5.74) is 0.399. The third kappa shape index (κ3) is 2.14. The van der Waals surface area contributed by atoms with Gasteiger partial charge in [0.15, 0.2) is 11.6 Å². The smallest absolute Gasteiger partial charge is 0.162 e. The molecule has 1 unspecified atom stereocenters. The molecule has 0 N–H and O–H groups in total. The second-order valence-electron chi connectivity index (χ2n) is 4.04. The molecule has 1 rings (SSSR count). The molecule has 0 saturated heterocycles. The standard InChI is InChI=1S/C11H14O2/c1-8(2)6-11(3)7-9(12)4-5-10(11)13/h4-5H,1,6-7H2,2-3H3. The summed E-state index contributed by atoms with van der Waals surface area (Å²) in [5, 5.41) is 0. The first-order valence-corrected chi connectivity index (χ1v) is 4.34. The van der Waals surface area contributed by atoms with Gasteiger partial charge in [-0.25, -0.2) is 0 Å². The summed E-state index contributed by atoms with van der Waals surface area (Å²) in [7, 11) is 0. The summed E-state index contributed by atoms with van der Waals surface area (Å²) in [6.45, 7) is 7.47. The van der Waals surface area contributed by atoms with Gasteiger partial charge in [0.05, 0.1) is 0 Å². The molecule has 1 aliphatic rings. The van der Waals surface area contributed by atoms with E-state index in [1.165, 1.54) is 12.2 Å². The lowest BCUT2D eigenvalue weighted by Gasteiger charge is -2.28. The van der Waals surface area contributed by atoms with Crippen LogP contribution in [-0.2, 0) is 9.59 Å². The highest BCUT2D eigenvalue weighted by Crippen LogP contribution is 2.33. The highest BCUT2D eigenvalue weighted by Gasteiger charge is 2.35. The molecule has 0 heterocycles. The Morgan fingerprint density at radius 1 is 1.54 bits per heavy atom. The van der Waals surface area contributed by atoms with Crippen molar-refractivity contribution in [2.45, 2.75) is 26.7 Å². The topological polar surface area (TPSA) is 34.1 Å². The second-order valence-corrected chi connectivity index (χ2v) is 4.04. The Balaban J connectivity index is 2.89. The number of hydrogen-bond acceptors (Lipinski definition) is 2. The van der Waals surface area contributed by atoms with Gasteiger partial charge >= 0.3 is 0 Å². The van der Waals surface area contributed by atoms with E-state index >= 15 is 0 Å². The van der Waals surface area contributed by atoms with Crippen LogP contribution in [0.3, 0.4) is 0 Å². The van der Waals surface area contributed by atoms with Crippen molar-refractivity contribution in [3.8, 4) is 0 Å². The van der Waals surface area contributed by atoms with E-state index in [-0.39, 0.29) is 11.6 Å². The molecule has 2 nitrogen and oxygen atoms in total. The lowest BCUT2D eigenvalue weighted by atomic mass is 9.73. The molecule has 0 aromatic carbocycles. The number of ketones is 2. The predicted molar refractivity (Wildman–Crippen MR) is 51.3 cm³/mol. The van der Waals surface area contributed by atoms with E-state index in [2.05, 4.69) is 6.58 Å². The maximum atomic E-state index is 11.5. The van der Waals surface area contributed by atoms with Gasteiger partial charge in [-0.2, -0.15) is 0 Å². The maximum Gasteiger partial charge on any atom is 0.162 e. The third-order valence-electron chi connectivity index (χ3n) is 2.27. The molecule has 13 heavy (non-hydrogen) atoms. The highest BCUT2D eigenvalue weighted by atomic mass is 16.1. The molecule has 0 aromatic heterocycles. The van der Waals surface area contributed by atoms with Crippen molar-refractivity contribution in [1.82, 2.24) is 0 Å². The molecule has 1 aliphatic carbocycles. The average Bonchev–Trinajstić information content (AvgIpc) is 1.95. The summed E-state index contributed by atoms with van der Waals surface area (Å²) in [5.74, 6) is 0.0680. The van der Waals surface area contributed by atoms with E-state index in [0.29, 0.717) is 12.8 Å². The highest BCUT2D eigenvalue weighted by molar-refractivity contribution is 6.07. The van der Waals surface area contributed by atoms with Gasteiger partial charge in [0.2, 0.25) is 0 Å². The molecule has 0 saturated carbocycles. The van der Waals surface area contributed by atoms with Gasteiger partial charge in [0, 0.05) is 11.8 Å². The van der Waals surface area contributed by atoms with E-state index in [1.54, 1.807) is 0 Å². The van der Waals surface area contributed by atoms with Crippen LogP contribution in [0, 0.1) is 5.41 Å². The van der Waals surface area contributed by atoms with Crippen LogP contribution in [0.4, 0.5) is 0 Å². The Hall–Kier alpha value is -1.18. The van der Waals surface area contributed by atoms with E-state index in [4.69, 9.17) is 0 Å². The van der Waals surface area contributed by atoms with Crippen molar-refractivity contribution in [2.75, 3.05) is 0 Å². The molecule has 0 aliphatic heterocycles. The van der Waals surface area contributed by atoms with Crippen molar-refractivity contribution >= 4 is 11.6 Å². The first-order valence-electron chi connectivity index (χ1n) is 4.34. The van der Waals surface area contributed by atoms with Crippen molar-refractivity contribution in [2.24, 2.45) is 5.41 Å². The predicted octanol–water partition coefficient (Wildman–Crippen LogP) is 2.06. The molecule has 2 heteroatoms. The first kappa shape index (κ1) is 9.90. The molecule has 0 fully saturated rings. The molecule has 0 spiro atoms. The zero-order valence-electron chi connectivity index (χ0n) is 8.09. The molecular formula is C11H14O2.